The molecule has 4 rings (SSSR count). The third-order valence-corrected chi connectivity index (χ3v) is 6.20. The van der Waals surface area contributed by atoms with Crippen molar-refractivity contribution in [2.45, 2.75) is 57.3 Å². The smallest absolute Gasteiger partial charge is 0.332 e. The Morgan fingerprint density at radius 3 is 2.46 bits per heavy atom. The number of rotatable bonds is 4. The predicted molar refractivity (Wildman–Crippen MR) is 97.6 cm³/mol. The first kappa shape index (κ1) is 20.6. The number of carbonyl (C=O) groups is 1. The maximum absolute atomic E-state index is 12.6. The highest BCUT2D eigenvalue weighted by Crippen LogP contribution is 2.25. The van der Waals surface area contributed by atoms with Crippen LogP contribution in [-0.4, -0.2) is 49.4 Å². The van der Waals surface area contributed by atoms with Crippen molar-refractivity contribution in [3.63, 3.8) is 0 Å². The highest BCUT2D eigenvalue weighted by Gasteiger charge is 2.45. The fraction of sp³-hybridized carbons (Fsp3) is 0.667. The van der Waals surface area contributed by atoms with Crippen LogP contribution in [-0.2, 0) is 30.2 Å². The predicted octanol–water partition coefficient (Wildman–Crippen LogP) is -4.42. The number of esters is 1. The molecule has 0 aliphatic carbocycles. The van der Waals surface area contributed by atoms with Crippen LogP contribution in [0, 0.1) is 0 Å². The summed E-state index contributed by atoms with van der Waals surface area (Å²) in [6, 6.07) is 0.991. The molecule has 4 heterocycles. The van der Waals surface area contributed by atoms with Gasteiger partial charge in [0.05, 0.1) is 31.5 Å². The number of carbonyl (C=O) groups excluding carboxylic acids is 1. The number of hydrogen-bond donors (Lipinski definition) is 1. The number of piperidine rings is 1. The van der Waals surface area contributed by atoms with E-state index in [0.717, 1.165) is 36.8 Å². The summed E-state index contributed by atoms with van der Waals surface area (Å²) >= 11 is 0. The molecule has 0 radical (unpaired) electrons. The Bertz CT molecular complexity index is 996. The summed E-state index contributed by atoms with van der Waals surface area (Å²) in [5.41, 5.74) is 0.224. The number of nitrogens with zero attached hydrogens (tertiary/aromatic N) is 4. The SMILES string of the molecule is CC(=O)OC1CC2CCC(C1)[NH+]2CCn1cnc2c1c(=O)n(C)c(=O)n2C.[Cl-]. The molecule has 2 aromatic heterocycles. The average molecular weight is 412 g/mol. The Morgan fingerprint density at radius 1 is 1.21 bits per heavy atom. The Hall–Kier alpha value is -2.13. The standard InChI is InChI=1S/C18H25N5O4.ClH/c1-11(24)27-14-8-12-4-5-13(9-14)23(12)7-6-22-10-19-16-15(22)17(25)21(3)18(26)20(16)2;/h10,12-14H,4-9H2,1-3H3;1H. The quantitative estimate of drug-likeness (QED) is 0.513. The summed E-state index contributed by atoms with van der Waals surface area (Å²) in [5, 5.41) is 0. The molecular weight excluding hydrogens is 386 g/mol. The third kappa shape index (κ3) is 3.37. The summed E-state index contributed by atoms with van der Waals surface area (Å²) in [6.45, 7) is 3.03. The van der Waals surface area contributed by atoms with Crippen molar-refractivity contribution >= 4 is 17.1 Å². The number of hydrogen-bond acceptors (Lipinski definition) is 5. The van der Waals surface area contributed by atoms with Crippen molar-refractivity contribution < 1.29 is 26.8 Å². The van der Waals surface area contributed by atoms with Crippen molar-refractivity contribution in [3.8, 4) is 0 Å². The molecule has 0 aromatic carbocycles. The van der Waals surface area contributed by atoms with Gasteiger partial charge >= 0.3 is 11.7 Å². The lowest BCUT2D eigenvalue weighted by atomic mass is 9.99. The second kappa shape index (κ2) is 7.71. The maximum Gasteiger partial charge on any atom is 0.332 e. The van der Waals surface area contributed by atoms with Gasteiger partial charge in [-0.05, 0) is 0 Å². The van der Waals surface area contributed by atoms with Crippen molar-refractivity contribution in [2.75, 3.05) is 6.54 Å². The van der Waals surface area contributed by atoms with Gasteiger partial charge < -0.3 is 26.6 Å². The van der Waals surface area contributed by atoms with Crippen LogP contribution < -0.4 is 28.6 Å². The van der Waals surface area contributed by atoms with Gasteiger partial charge in [-0.2, -0.15) is 0 Å². The van der Waals surface area contributed by atoms with Gasteiger partial charge in [0, 0.05) is 46.7 Å². The molecule has 0 amide bonds. The van der Waals surface area contributed by atoms with Gasteiger partial charge in [0.2, 0.25) is 0 Å². The Balaban J connectivity index is 0.00000225. The maximum atomic E-state index is 12.6. The lowest BCUT2D eigenvalue weighted by Gasteiger charge is -2.35. The second-order valence-corrected chi connectivity index (χ2v) is 7.81. The zero-order valence-electron chi connectivity index (χ0n) is 16.4. The molecule has 0 spiro atoms. The number of ether oxygens (including phenoxy) is 1. The summed E-state index contributed by atoms with van der Waals surface area (Å²) in [4.78, 5) is 41.7. The minimum Gasteiger partial charge on any atom is -1.00 e. The highest BCUT2D eigenvalue weighted by molar-refractivity contribution is 5.69. The molecule has 154 valence electrons. The second-order valence-electron chi connectivity index (χ2n) is 7.81. The molecule has 9 nitrogen and oxygen atoms in total. The molecule has 2 aromatic rings. The molecule has 2 unspecified atom stereocenters. The Kier molecular flexibility index (Phi) is 5.67. The first-order valence-corrected chi connectivity index (χ1v) is 9.50. The zero-order chi connectivity index (χ0) is 19.3. The monoisotopic (exact) mass is 411 g/mol. The minimum absolute atomic E-state index is 0. The van der Waals surface area contributed by atoms with E-state index >= 15 is 0 Å². The molecular formula is C18H26ClN5O4. The van der Waals surface area contributed by atoms with Gasteiger partial charge in [0.1, 0.15) is 6.10 Å². The lowest BCUT2D eigenvalue weighted by Crippen LogP contribution is -3.18. The molecule has 2 fully saturated rings. The number of aryl methyl sites for hydroxylation is 1. The lowest BCUT2D eigenvalue weighted by molar-refractivity contribution is -0.942. The minimum atomic E-state index is -0.367. The van der Waals surface area contributed by atoms with Crippen LogP contribution in [0.1, 0.15) is 32.6 Å². The number of quaternary nitrogens is 1. The average Bonchev–Trinajstić information content (AvgIpc) is 3.14. The molecule has 1 N–H and O–H groups in total. The van der Waals surface area contributed by atoms with Crippen LogP contribution in [0.25, 0.3) is 11.2 Å². The fourth-order valence-corrected chi connectivity index (χ4v) is 4.93. The number of halogens is 1. The Morgan fingerprint density at radius 2 is 1.86 bits per heavy atom. The van der Waals surface area contributed by atoms with Crippen molar-refractivity contribution in [1.29, 1.82) is 0 Å². The summed E-state index contributed by atoms with van der Waals surface area (Å²) in [5.74, 6) is -0.200. The molecule has 0 saturated carbocycles. The van der Waals surface area contributed by atoms with E-state index in [2.05, 4.69) is 4.98 Å². The first-order valence-electron chi connectivity index (χ1n) is 9.50. The fourth-order valence-electron chi connectivity index (χ4n) is 4.93. The number of fused-ring (bicyclic) bond motifs is 3. The van der Waals surface area contributed by atoms with Gasteiger partial charge in [-0.25, -0.2) is 9.78 Å². The van der Waals surface area contributed by atoms with Crippen LogP contribution in [0.2, 0.25) is 0 Å². The van der Waals surface area contributed by atoms with Crippen molar-refractivity contribution in [1.82, 2.24) is 18.7 Å². The molecule has 2 atom stereocenters. The van der Waals surface area contributed by atoms with E-state index in [1.54, 1.807) is 13.4 Å². The topological polar surface area (TPSA) is 92.6 Å². The first-order chi connectivity index (χ1) is 12.9. The van der Waals surface area contributed by atoms with Gasteiger partial charge in [0.15, 0.2) is 11.2 Å². The molecule has 2 aliphatic heterocycles. The highest BCUT2D eigenvalue weighted by atomic mass is 35.5. The van der Waals surface area contributed by atoms with E-state index in [9.17, 15) is 14.4 Å². The number of nitrogens with one attached hydrogen (secondary N) is 1. The van der Waals surface area contributed by atoms with Crippen LogP contribution in [0.3, 0.4) is 0 Å². The summed E-state index contributed by atoms with van der Waals surface area (Å²) < 4.78 is 9.84. The molecule has 2 bridgehead atoms. The summed E-state index contributed by atoms with van der Waals surface area (Å²) in [7, 11) is 3.12. The Labute approximate surface area is 168 Å². The van der Waals surface area contributed by atoms with E-state index in [1.165, 1.54) is 23.4 Å². The number of aromatic nitrogens is 4. The van der Waals surface area contributed by atoms with Crippen LogP contribution in [0.5, 0.6) is 0 Å². The normalized spacial score (nSPS) is 26.2. The molecule has 2 aliphatic rings. The third-order valence-electron chi connectivity index (χ3n) is 6.20. The van der Waals surface area contributed by atoms with Crippen LogP contribution in [0.15, 0.2) is 15.9 Å². The van der Waals surface area contributed by atoms with Crippen molar-refractivity contribution in [2.24, 2.45) is 14.1 Å². The van der Waals surface area contributed by atoms with E-state index < -0.39 is 0 Å². The number of imidazole rings is 1. The zero-order valence-corrected chi connectivity index (χ0v) is 17.1. The van der Waals surface area contributed by atoms with E-state index in [0.29, 0.717) is 29.8 Å². The largest absolute Gasteiger partial charge is 1.00 e. The molecule has 2 saturated heterocycles. The van der Waals surface area contributed by atoms with Gasteiger partial charge in [0.25, 0.3) is 5.56 Å². The van der Waals surface area contributed by atoms with Gasteiger partial charge in [-0.3, -0.25) is 18.7 Å². The van der Waals surface area contributed by atoms with Gasteiger partial charge in [-0.1, -0.05) is 0 Å². The van der Waals surface area contributed by atoms with Crippen molar-refractivity contribution in [3.05, 3.63) is 27.2 Å². The van der Waals surface area contributed by atoms with E-state index in [1.807, 2.05) is 4.57 Å². The van der Waals surface area contributed by atoms with Crippen LogP contribution in [0.4, 0.5) is 0 Å². The van der Waals surface area contributed by atoms with E-state index in [-0.39, 0.29) is 35.7 Å². The molecule has 10 heteroatoms. The van der Waals surface area contributed by atoms with Gasteiger partial charge in [-0.15, -0.1) is 0 Å². The summed E-state index contributed by atoms with van der Waals surface area (Å²) in [6.07, 6.45) is 5.81. The molecule has 28 heavy (non-hydrogen) atoms. The van der Waals surface area contributed by atoms with Crippen LogP contribution >= 0.6 is 0 Å². The van der Waals surface area contributed by atoms with E-state index in [4.69, 9.17) is 4.74 Å².